The summed E-state index contributed by atoms with van der Waals surface area (Å²) in [7, 11) is 0. The molecule has 2 rings (SSSR count). The molecule has 0 spiro atoms. The van der Waals surface area contributed by atoms with Crippen LogP contribution in [0.1, 0.15) is 39.8 Å². The molecule has 6 nitrogen and oxygen atoms in total. The lowest BCUT2D eigenvalue weighted by Crippen LogP contribution is -2.30. The van der Waals surface area contributed by atoms with Gasteiger partial charge in [0.2, 0.25) is 0 Å². The number of halogens is 1. The molecule has 7 heteroatoms. The van der Waals surface area contributed by atoms with Crippen LogP contribution in [-0.4, -0.2) is 22.4 Å². The zero-order valence-electron chi connectivity index (χ0n) is 14.5. The summed E-state index contributed by atoms with van der Waals surface area (Å²) in [5.74, 6) is -0.0315. The van der Waals surface area contributed by atoms with E-state index in [0.29, 0.717) is 29.4 Å². The number of nitrogens with two attached hydrogens (primary N) is 1. The van der Waals surface area contributed by atoms with Gasteiger partial charge in [0, 0.05) is 12.0 Å². The lowest BCUT2D eigenvalue weighted by Gasteiger charge is -2.17. The number of hydrogen-bond donors (Lipinski definition) is 3. The van der Waals surface area contributed by atoms with E-state index in [1.807, 2.05) is 27.7 Å². The molecule has 1 aromatic carbocycles. The summed E-state index contributed by atoms with van der Waals surface area (Å²) in [6, 6.07) is 5.54. The quantitative estimate of drug-likeness (QED) is 0.801. The molecule has 0 aliphatic heterocycles. The minimum absolute atomic E-state index is 0.304. The zero-order valence-corrected chi connectivity index (χ0v) is 14.5. The van der Waals surface area contributed by atoms with Crippen LogP contribution in [0.5, 0.6) is 0 Å². The van der Waals surface area contributed by atoms with Gasteiger partial charge in [0.1, 0.15) is 11.5 Å². The number of aromatic nitrogens is 2. The van der Waals surface area contributed by atoms with E-state index in [1.165, 1.54) is 16.8 Å². The Kier molecular flexibility index (Phi) is 5.11. The smallest absolute Gasteiger partial charge is 0.319 e. The normalized spacial score (nSPS) is 11.4. The van der Waals surface area contributed by atoms with Crippen LogP contribution < -0.4 is 16.4 Å². The van der Waals surface area contributed by atoms with E-state index in [4.69, 9.17) is 5.73 Å². The summed E-state index contributed by atoms with van der Waals surface area (Å²) in [4.78, 5) is 12.0. The number of anilines is 2. The molecule has 0 unspecified atom stereocenters. The summed E-state index contributed by atoms with van der Waals surface area (Å²) in [6.45, 7) is 8.50. The first-order valence-electron chi connectivity index (χ1n) is 7.93. The van der Waals surface area contributed by atoms with Gasteiger partial charge in [0.05, 0.1) is 11.4 Å². The fourth-order valence-corrected chi connectivity index (χ4v) is 2.25. The Balaban J connectivity index is 2.44. The number of rotatable bonds is 4. The first kappa shape index (κ1) is 17.8. The van der Waals surface area contributed by atoms with Crippen molar-refractivity contribution in [1.29, 1.82) is 0 Å². The van der Waals surface area contributed by atoms with Crippen molar-refractivity contribution in [3.8, 4) is 5.69 Å². The third-order valence-electron chi connectivity index (χ3n) is 3.48. The molecule has 0 saturated carbocycles. The van der Waals surface area contributed by atoms with E-state index in [9.17, 15) is 9.18 Å². The minimum atomic E-state index is -0.335. The maximum absolute atomic E-state index is 13.1. The average molecular weight is 333 g/mol. The van der Waals surface area contributed by atoms with Crippen LogP contribution in [0.15, 0.2) is 24.3 Å². The van der Waals surface area contributed by atoms with E-state index in [2.05, 4.69) is 15.7 Å². The Labute approximate surface area is 141 Å². The van der Waals surface area contributed by atoms with E-state index in [0.717, 1.165) is 6.42 Å². The van der Waals surface area contributed by atoms with Crippen LogP contribution >= 0.6 is 0 Å². The van der Waals surface area contributed by atoms with Gasteiger partial charge < -0.3 is 16.4 Å². The second-order valence-electron chi connectivity index (χ2n) is 6.63. The van der Waals surface area contributed by atoms with Crippen molar-refractivity contribution in [2.45, 2.75) is 39.5 Å². The minimum Gasteiger partial charge on any atom is -0.382 e. The van der Waals surface area contributed by atoms with Gasteiger partial charge in [-0.05, 0) is 30.7 Å². The van der Waals surface area contributed by atoms with E-state index < -0.39 is 0 Å². The highest BCUT2D eigenvalue weighted by atomic mass is 19.1. The topological polar surface area (TPSA) is 85.0 Å². The monoisotopic (exact) mass is 333 g/mol. The molecule has 0 aliphatic rings. The molecule has 2 amide bonds. The van der Waals surface area contributed by atoms with Gasteiger partial charge >= 0.3 is 6.03 Å². The van der Waals surface area contributed by atoms with Crippen LogP contribution in [0.4, 0.5) is 20.7 Å². The number of nitrogen functional groups attached to an aromatic ring is 1. The van der Waals surface area contributed by atoms with Crippen molar-refractivity contribution >= 4 is 17.5 Å². The van der Waals surface area contributed by atoms with E-state index >= 15 is 0 Å². The third-order valence-corrected chi connectivity index (χ3v) is 3.48. The maximum atomic E-state index is 13.1. The summed E-state index contributed by atoms with van der Waals surface area (Å²) >= 11 is 0. The first-order valence-corrected chi connectivity index (χ1v) is 7.93. The number of nitrogens with one attached hydrogen (secondary N) is 2. The predicted octanol–water partition coefficient (Wildman–Crippen LogP) is 3.42. The number of amides is 2. The molecular formula is C17H24FN5O. The van der Waals surface area contributed by atoms with Crippen molar-refractivity contribution in [3.63, 3.8) is 0 Å². The van der Waals surface area contributed by atoms with Gasteiger partial charge in [0.25, 0.3) is 0 Å². The SMILES string of the molecule is CCCNC(=O)Nc1c(C(C)(C)C)nn(-c2ccc(F)cc2)c1N. The molecular weight excluding hydrogens is 309 g/mol. The van der Waals surface area contributed by atoms with Crippen LogP contribution in [0.2, 0.25) is 0 Å². The lowest BCUT2D eigenvalue weighted by atomic mass is 9.91. The zero-order chi connectivity index (χ0) is 17.9. The average Bonchev–Trinajstić information content (AvgIpc) is 2.83. The van der Waals surface area contributed by atoms with Gasteiger partial charge in [0.15, 0.2) is 5.82 Å². The van der Waals surface area contributed by atoms with Crippen molar-refractivity contribution in [2.24, 2.45) is 0 Å². The Morgan fingerprint density at radius 2 is 1.92 bits per heavy atom. The number of nitrogens with zero attached hydrogens (tertiary/aromatic N) is 2. The molecule has 0 bridgehead atoms. The van der Waals surface area contributed by atoms with Gasteiger partial charge in [-0.1, -0.05) is 27.7 Å². The molecule has 0 saturated heterocycles. The highest BCUT2D eigenvalue weighted by Crippen LogP contribution is 2.34. The molecule has 0 atom stereocenters. The van der Waals surface area contributed by atoms with Gasteiger partial charge in [-0.2, -0.15) is 5.10 Å². The Morgan fingerprint density at radius 1 is 1.29 bits per heavy atom. The lowest BCUT2D eigenvalue weighted by molar-refractivity contribution is 0.252. The Hall–Kier alpha value is -2.57. The molecule has 130 valence electrons. The number of hydrogen-bond acceptors (Lipinski definition) is 3. The molecule has 0 fully saturated rings. The second-order valence-corrected chi connectivity index (χ2v) is 6.63. The van der Waals surface area contributed by atoms with Crippen LogP contribution in [-0.2, 0) is 5.41 Å². The number of urea groups is 1. The van der Waals surface area contributed by atoms with Crippen LogP contribution in [0.25, 0.3) is 5.69 Å². The molecule has 24 heavy (non-hydrogen) atoms. The number of carbonyl (C=O) groups is 1. The van der Waals surface area contributed by atoms with E-state index in [1.54, 1.807) is 12.1 Å². The standard InChI is InChI=1S/C17H24FN5O/c1-5-10-20-16(24)21-13-14(17(2,3)4)22-23(15(13)19)12-8-6-11(18)7-9-12/h6-9H,5,10,19H2,1-4H3,(H2,20,21,24). The Bertz CT molecular complexity index is 716. The molecule has 0 aliphatic carbocycles. The second kappa shape index (κ2) is 6.90. The first-order chi connectivity index (χ1) is 11.2. The highest BCUT2D eigenvalue weighted by Gasteiger charge is 2.27. The van der Waals surface area contributed by atoms with Crippen molar-refractivity contribution in [1.82, 2.24) is 15.1 Å². The number of carbonyl (C=O) groups excluding carboxylic acids is 1. The van der Waals surface area contributed by atoms with Crippen LogP contribution in [0, 0.1) is 5.82 Å². The molecule has 1 heterocycles. The van der Waals surface area contributed by atoms with Crippen molar-refractivity contribution in [3.05, 3.63) is 35.8 Å². The Morgan fingerprint density at radius 3 is 2.46 bits per heavy atom. The summed E-state index contributed by atoms with van der Waals surface area (Å²) < 4.78 is 14.7. The summed E-state index contributed by atoms with van der Waals surface area (Å²) in [5, 5.41) is 10.1. The van der Waals surface area contributed by atoms with Crippen molar-refractivity contribution < 1.29 is 9.18 Å². The molecule has 1 aromatic heterocycles. The van der Waals surface area contributed by atoms with E-state index in [-0.39, 0.29) is 17.3 Å². The largest absolute Gasteiger partial charge is 0.382 e. The highest BCUT2D eigenvalue weighted by molar-refractivity contribution is 5.93. The van der Waals surface area contributed by atoms with Gasteiger partial charge in [-0.25, -0.2) is 13.9 Å². The van der Waals surface area contributed by atoms with Crippen LogP contribution in [0.3, 0.4) is 0 Å². The van der Waals surface area contributed by atoms with Gasteiger partial charge in [-0.15, -0.1) is 0 Å². The number of benzene rings is 1. The third kappa shape index (κ3) is 3.84. The molecule has 0 radical (unpaired) electrons. The summed E-state index contributed by atoms with van der Waals surface area (Å²) in [6.07, 6.45) is 0.837. The predicted molar refractivity (Wildman–Crippen MR) is 93.9 cm³/mol. The fraction of sp³-hybridized carbons (Fsp3) is 0.412. The molecule has 4 N–H and O–H groups in total. The fourth-order valence-electron chi connectivity index (χ4n) is 2.25. The van der Waals surface area contributed by atoms with Gasteiger partial charge in [-0.3, -0.25) is 0 Å². The summed E-state index contributed by atoms with van der Waals surface area (Å²) in [5.41, 5.74) is 7.65. The molecule has 2 aromatic rings. The van der Waals surface area contributed by atoms with Crippen molar-refractivity contribution in [2.75, 3.05) is 17.6 Å². The maximum Gasteiger partial charge on any atom is 0.319 e.